The van der Waals surface area contributed by atoms with Gasteiger partial charge in [0.2, 0.25) is 0 Å². The van der Waals surface area contributed by atoms with Crippen molar-refractivity contribution in [3.05, 3.63) is 23.8 Å². The van der Waals surface area contributed by atoms with Crippen molar-refractivity contribution in [2.75, 3.05) is 0 Å². The highest BCUT2D eigenvalue weighted by Gasteiger charge is 2.64. The summed E-state index contributed by atoms with van der Waals surface area (Å²) < 4.78 is 6.12. The highest BCUT2D eigenvalue weighted by molar-refractivity contribution is 6.01. The second kappa shape index (κ2) is 7.21. The third-order valence-electron chi connectivity index (χ3n) is 8.85. The minimum absolute atomic E-state index is 0.0268. The standard InChI is InChI=1S/C25H34O4/c1-5-6-23(28)29-22-14-21-18(20-10-9-19(15(2)26)25(20,22)4)8-7-16-13-17(27)11-12-24(16,21)3/h11-13,18-22H,5-10,14H2,1-4H3/t18-,19+,20-,21-,22?,24-,25+/m0/s1. The highest BCUT2D eigenvalue weighted by atomic mass is 16.5. The molecule has 7 atom stereocenters. The van der Waals surface area contributed by atoms with Gasteiger partial charge in [-0.05, 0) is 75.4 Å². The number of fused-ring (bicyclic) bond motifs is 5. The van der Waals surface area contributed by atoms with Crippen LogP contribution < -0.4 is 0 Å². The van der Waals surface area contributed by atoms with Gasteiger partial charge in [-0.15, -0.1) is 0 Å². The van der Waals surface area contributed by atoms with E-state index in [2.05, 4.69) is 19.9 Å². The Morgan fingerprint density at radius 1 is 1.17 bits per heavy atom. The number of rotatable bonds is 4. The molecule has 0 saturated heterocycles. The van der Waals surface area contributed by atoms with Crippen molar-refractivity contribution in [2.45, 2.75) is 78.7 Å². The van der Waals surface area contributed by atoms with Gasteiger partial charge in [0.25, 0.3) is 0 Å². The molecule has 4 aliphatic rings. The summed E-state index contributed by atoms with van der Waals surface area (Å²) in [7, 11) is 0. The molecule has 4 heteroatoms. The largest absolute Gasteiger partial charge is 0.462 e. The first-order valence-corrected chi connectivity index (χ1v) is 11.4. The van der Waals surface area contributed by atoms with Gasteiger partial charge in [0.05, 0.1) is 0 Å². The first-order valence-electron chi connectivity index (χ1n) is 11.4. The molecule has 4 nitrogen and oxygen atoms in total. The number of carbonyl (C=O) groups is 3. The lowest BCUT2D eigenvalue weighted by atomic mass is 9.46. The van der Waals surface area contributed by atoms with Gasteiger partial charge in [-0.25, -0.2) is 0 Å². The molecule has 158 valence electrons. The van der Waals surface area contributed by atoms with E-state index in [-0.39, 0.29) is 40.4 Å². The predicted octanol–water partition coefficient (Wildman–Crippen LogP) is 4.82. The number of hydrogen-bond acceptors (Lipinski definition) is 4. The van der Waals surface area contributed by atoms with Gasteiger partial charge in [0.15, 0.2) is 5.78 Å². The molecule has 1 unspecified atom stereocenters. The minimum atomic E-state index is -0.276. The lowest BCUT2D eigenvalue weighted by Crippen LogP contribution is -2.57. The highest BCUT2D eigenvalue weighted by Crippen LogP contribution is 2.66. The summed E-state index contributed by atoms with van der Waals surface area (Å²) in [6.07, 6.45) is 11.3. The van der Waals surface area contributed by atoms with Crippen LogP contribution in [0.2, 0.25) is 0 Å². The molecular formula is C25H34O4. The molecule has 29 heavy (non-hydrogen) atoms. The van der Waals surface area contributed by atoms with Crippen molar-refractivity contribution in [1.29, 1.82) is 0 Å². The van der Waals surface area contributed by atoms with Crippen LogP contribution in [-0.4, -0.2) is 23.6 Å². The van der Waals surface area contributed by atoms with Gasteiger partial charge in [-0.1, -0.05) is 32.4 Å². The molecule has 0 heterocycles. The molecule has 0 amide bonds. The minimum Gasteiger partial charge on any atom is -0.462 e. The number of ketones is 2. The quantitative estimate of drug-likeness (QED) is 0.637. The summed E-state index contributed by atoms with van der Waals surface area (Å²) in [5.74, 6) is 1.38. The van der Waals surface area contributed by atoms with E-state index in [0.29, 0.717) is 24.2 Å². The fourth-order valence-corrected chi connectivity index (χ4v) is 7.40. The Labute approximate surface area is 174 Å². The Hall–Kier alpha value is -1.71. The lowest BCUT2D eigenvalue weighted by Gasteiger charge is -2.59. The number of carbonyl (C=O) groups excluding carboxylic acids is 3. The number of esters is 1. The Kier molecular flexibility index (Phi) is 5.11. The fraction of sp³-hybridized carbons (Fsp3) is 0.720. The van der Waals surface area contributed by atoms with Crippen molar-refractivity contribution in [3.8, 4) is 0 Å². The monoisotopic (exact) mass is 398 g/mol. The summed E-state index contributed by atoms with van der Waals surface area (Å²) in [6, 6.07) is 0. The Balaban J connectivity index is 1.73. The van der Waals surface area contributed by atoms with Crippen LogP contribution in [0.15, 0.2) is 23.8 Å². The zero-order chi connectivity index (χ0) is 21.0. The van der Waals surface area contributed by atoms with Crippen molar-refractivity contribution < 1.29 is 19.1 Å². The normalized spacial score (nSPS) is 43.1. The van der Waals surface area contributed by atoms with Gasteiger partial charge in [-0.2, -0.15) is 0 Å². The topological polar surface area (TPSA) is 60.4 Å². The Morgan fingerprint density at radius 3 is 2.62 bits per heavy atom. The van der Waals surface area contributed by atoms with Crippen molar-refractivity contribution in [2.24, 2.45) is 34.5 Å². The predicted molar refractivity (Wildman–Crippen MR) is 111 cm³/mol. The molecule has 0 bridgehead atoms. The van der Waals surface area contributed by atoms with E-state index in [0.717, 1.165) is 38.5 Å². The summed E-state index contributed by atoms with van der Waals surface area (Å²) in [4.78, 5) is 37.0. The smallest absolute Gasteiger partial charge is 0.306 e. The summed E-state index contributed by atoms with van der Waals surface area (Å²) in [5, 5.41) is 0. The van der Waals surface area contributed by atoms with Crippen LogP contribution in [0.5, 0.6) is 0 Å². The van der Waals surface area contributed by atoms with E-state index in [9.17, 15) is 14.4 Å². The molecule has 0 aromatic carbocycles. The average Bonchev–Trinajstić information content (AvgIpc) is 3.02. The molecular weight excluding hydrogens is 364 g/mol. The van der Waals surface area contributed by atoms with Crippen LogP contribution in [0, 0.1) is 34.5 Å². The van der Waals surface area contributed by atoms with E-state index in [1.54, 1.807) is 13.0 Å². The average molecular weight is 399 g/mol. The first kappa shape index (κ1) is 20.6. The van der Waals surface area contributed by atoms with Crippen molar-refractivity contribution in [3.63, 3.8) is 0 Å². The van der Waals surface area contributed by atoms with Crippen LogP contribution in [0.1, 0.15) is 72.6 Å². The number of hydrogen-bond donors (Lipinski definition) is 0. The van der Waals surface area contributed by atoms with Crippen molar-refractivity contribution in [1.82, 2.24) is 0 Å². The fourth-order valence-electron chi connectivity index (χ4n) is 7.40. The maximum absolute atomic E-state index is 12.6. The molecule has 3 saturated carbocycles. The molecule has 0 aromatic rings. The Morgan fingerprint density at radius 2 is 1.93 bits per heavy atom. The third kappa shape index (κ3) is 3.05. The molecule has 0 radical (unpaired) electrons. The number of ether oxygens (including phenoxy) is 1. The van der Waals surface area contributed by atoms with Gasteiger partial charge < -0.3 is 4.74 Å². The zero-order valence-corrected chi connectivity index (χ0v) is 18.2. The molecule has 4 aliphatic carbocycles. The van der Waals surface area contributed by atoms with Crippen LogP contribution in [-0.2, 0) is 19.1 Å². The third-order valence-corrected chi connectivity index (χ3v) is 8.85. The molecule has 3 fully saturated rings. The second-order valence-corrected chi connectivity index (χ2v) is 10.2. The zero-order valence-electron chi connectivity index (χ0n) is 18.2. The summed E-state index contributed by atoms with van der Waals surface area (Å²) in [6.45, 7) is 8.15. The van der Waals surface area contributed by atoms with E-state index in [4.69, 9.17) is 4.74 Å². The van der Waals surface area contributed by atoms with Gasteiger partial charge >= 0.3 is 5.97 Å². The lowest BCUT2D eigenvalue weighted by molar-refractivity contribution is -0.180. The molecule has 4 rings (SSSR count). The first-order chi connectivity index (χ1) is 13.7. The number of allylic oxidation sites excluding steroid dienone is 4. The molecule has 0 spiro atoms. The second-order valence-electron chi connectivity index (χ2n) is 10.2. The molecule has 0 N–H and O–H groups in total. The summed E-state index contributed by atoms with van der Waals surface area (Å²) >= 11 is 0. The van der Waals surface area contributed by atoms with Crippen LogP contribution in [0.25, 0.3) is 0 Å². The number of Topliss-reactive ketones (excluding diaryl/α,β-unsaturated/α-hetero) is 1. The van der Waals surface area contributed by atoms with Crippen molar-refractivity contribution >= 4 is 17.5 Å². The van der Waals surface area contributed by atoms with E-state index < -0.39 is 0 Å². The van der Waals surface area contributed by atoms with E-state index in [1.807, 2.05) is 13.0 Å². The van der Waals surface area contributed by atoms with Gasteiger partial charge in [0.1, 0.15) is 11.9 Å². The molecule has 0 aliphatic heterocycles. The van der Waals surface area contributed by atoms with Crippen LogP contribution in [0.4, 0.5) is 0 Å². The van der Waals surface area contributed by atoms with Crippen LogP contribution in [0.3, 0.4) is 0 Å². The van der Waals surface area contributed by atoms with E-state index in [1.165, 1.54) is 5.57 Å². The maximum atomic E-state index is 12.6. The maximum Gasteiger partial charge on any atom is 0.306 e. The van der Waals surface area contributed by atoms with Gasteiger partial charge in [-0.3, -0.25) is 14.4 Å². The Bertz CT molecular complexity index is 793. The van der Waals surface area contributed by atoms with E-state index >= 15 is 0 Å². The summed E-state index contributed by atoms with van der Waals surface area (Å²) in [5.41, 5.74) is 0.805. The SMILES string of the molecule is CCCC(=O)OC1C[C@H]2[C@@H](CCC3=CC(=O)C=C[C@@]32C)[C@@H]2CC[C@H](C(C)=O)[C@@]12C. The molecule has 0 aromatic heterocycles. The van der Waals surface area contributed by atoms with Crippen LogP contribution >= 0.6 is 0 Å². The van der Waals surface area contributed by atoms with Gasteiger partial charge in [0, 0.05) is 23.2 Å².